The van der Waals surface area contributed by atoms with Crippen LogP contribution in [0.2, 0.25) is 0 Å². The standard InChI is InChI=1S/C21H17F2N3O5S2/c1-11-3-6-19(32-11)33(29,30)25-20(27)13-5-4-12(7-15(13)22)26-10-31-18-9-17(24-2)16(23)8-14(18)21(26)28/h3-9,24H,10H2,1-2H3,(H,25,27). The Labute approximate surface area is 191 Å². The number of ether oxygens (including phenoxy) is 1. The van der Waals surface area contributed by atoms with Gasteiger partial charge in [-0.05, 0) is 43.3 Å². The van der Waals surface area contributed by atoms with Crippen LogP contribution in [0.4, 0.5) is 20.2 Å². The minimum Gasteiger partial charge on any atom is -0.472 e. The summed E-state index contributed by atoms with van der Waals surface area (Å²) in [4.78, 5) is 27.0. The minimum absolute atomic E-state index is 0.0442. The van der Waals surface area contributed by atoms with E-state index in [-0.39, 0.29) is 33.6 Å². The molecule has 0 aliphatic carbocycles. The lowest BCUT2D eigenvalue weighted by Gasteiger charge is -2.29. The maximum absolute atomic E-state index is 14.7. The van der Waals surface area contributed by atoms with Crippen LogP contribution in [0.5, 0.6) is 5.75 Å². The van der Waals surface area contributed by atoms with E-state index in [1.54, 1.807) is 13.0 Å². The fraction of sp³-hybridized carbons (Fsp3) is 0.143. The van der Waals surface area contributed by atoms with E-state index < -0.39 is 39.0 Å². The number of rotatable bonds is 5. The minimum atomic E-state index is -4.16. The molecule has 33 heavy (non-hydrogen) atoms. The number of hydrogen-bond acceptors (Lipinski definition) is 7. The van der Waals surface area contributed by atoms with Gasteiger partial charge in [-0.25, -0.2) is 21.9 Å². The van der Waals surface area contributed by atoms with Crippen LogP contribution in [0, 0.1) is 18.6 Å². The third kappa shape index (κ3) is 4.26. The predicted octanol–water partition coefficient (Wildman–Crippen LogP) is 3.49. The average Bonchev–Trinajstić information content (AvgIpc) is 3.21. The van der Waals surface area contributed by atoms with Crippen LogP contribution in [0.3, 0.4) is 0 Å². The predicted molar refractivity (Wildman–Crippen MR) is 118 cm³/mol. The zero-order chi connectivity index (χ0) is 23.9. The van der Waals surface area contributed by atoms with Crippen molar-refractivity contribution in [1.29, 1.82) is 0 Å². The molecule has 1 aliphatic rings. The van der Waals surface area contributed by atoms with Crippen molar-refractivity contribution < 1.29 is 31.5 Å². The fourth-order valence-electron chi connectivity index (χ4n) is 3.20. The molecular formula is C21H17F2N3O5S2. The van der Waals surface area contributed by atoms with E-state index in [0.717, 1.165) is 39.3 Å². The Bertz CT molecular complexity index is 1390. The summed E-state index contributed by atoms with van der Waals surface area (Å²) in [6, 6.07) is 8.53. The SMILES string of the molecule is CNc1cc2c(cc1F)C(=O)N(c1ccc(C(=O)NS(=O)(=O)c3ccc(C)s3)c(F)c1)CO2. The number of halogens is 2. The number of benzene rings is 2. The van der Waals surface area contributed by atoms with Gasteiger partial charge in [0.2, 0.25) is 0 Å². The van der Waals surface area contributed by atoms with Crippen molar-refractivity contribution in [2.24, 2.45) is 0 Å². The molecule has 2 heterocycles. The zero-order valence-corrected chi connectivity index (χ0v) is 18.9. The van der Waals surface area contributed by atoms with Crippen molar-refractivity contribution in [2.75, 3.05) is 24.0 Å². The van der Waals surface area contributed by atoms with E-state index in [0.29, 0.717) is 0 Å². The fourth-order valence-corrected chi connectivity index (χ4v) is 5.45. The van der Waals surface area contributed by atoms with Crippen molar-refractivity contribution in [3.63, 3.8) is 0 Å². The Morgan fingerprint density at radius 3 is 2.52 bits per heavy atom. The summed E-state index contributed by atoms with van der Waals surface area (Å²) < 4.78 is 60.8. The van der Waals surface area contributed by atoms with Gasteiger partial charge in [0.25, 0.3) is 21.8 Å². The normalized spacial score (nSPS) is 13.3. The summed E-state index contributed by atoms with van der Waals surface area (Å²) in [6.07, 6.45) is 0. The Morgan fingerprint density at radius 2 is 1.88 bits per heavy atom. The number of hydrogen-bond donors (Lipinski definition) is 2. The molecule has 2 N–H and O–H groups in total. The highest BCUT2D eigenvalue weighted by molar-refractivity contribution is 7.92. The summed E-state index contributed by atoms with van der Waals surface area (Å²) in [5.74, 6) is -3.30. The number of carbonyl (C=O) groups is 2. The van der Waals surface area contributed by atoms with Gasteiger partial charge in [0.15, 0.2) is 6.73 Å². The Kier molecular flexibility index (Phi) is 5.80. The summed E-state index contributed by atoms with van der Waals surface area (Å²) in [5, 5.41) is 2.65. The second-order valence-electron chi connectivity index (χ2n) is 7.05. The van der Waals surface area contributed by atoms with E-state index >= 15 is 0 Å². The molecule has 0 atom stereocenters. The average molecular weight is 494 g/mol. The molecule has 2 aromatic carbocycles. The van der Waals surface area contributed by atoms with Gasteiger partial charge in [-0.2, -0.15) is 0 Å². The van der Waals surface area contributed by atoms with Crippen molar-refractivity contribution >= 4 is 44.5 Å². The molecule has 1 aliphatic heterocycles. The third-order valence-corrected chi connectivity index (χ3v) is 7.70. The Morgan fingerprint density at radius 1 is 1.12 bits per heavy atom. The molecule has 0 saturated carbocycles. The molecule has 0 unspecified atom stereocenters. The molecule has 12 heteroatoms. The summed E-state index contributed by atoms with van der Waals surface area (Å²) in [7, 11) is -2.64. The summed E-state index contributed by atoms with van der Waals surface area (Å²) in [5.41, 5.74) is -0.359. The Hall–Kier alpha value is -3.51. The lowest BCUT2D eigenvalue weighted by Crippen LogP contribution is -2.39. The molecule has 0 spiro atoms. The topological polar surface area (TPSA) is 105 Å². The highest BCUT2D eigenvalue weighted by atomic mass is 32.2. The van der Waals surface area contributed by atoms with E-state index in [1.807, 2.05) is 4.72 Å². The maximum atomic E-state index is 14.7. The number of sulfonamides is 1. The van der Waals surface area contributed by atoms with Crippen LogP contribution in [-0.2, 0) is 10.0 Å². The second kappa shape index (κ2) is 8.45. The van der Waals surface area contributed by atoms with E-state index in [9.17, 15) is 26.8 Å². The molecule has 3 aromatic rings. The number of nitrogens with one attached hydrogen (secondary N) is 2. The molecule has 4 rings (SSSR count). The van der Waals surface area contributed by atoms with Gasteiger partial charge in [-0.1, -0.05) is 0 Å². The van der Waals surface area contributed by atoms with E-state index in [4.69, 9.17) is 4.74 Å². The number of anilines is 2. The number of aryl methyl sites for hydroxylation is 1. The van der Waals surface area contributed by atoms with Crippen LogP contribution in [0.25, 0.3) is 0 Å². The van der Waals surface area contributed by atoms with Gasteiger partial charge in [-0.3, -0.25) is 14.5 Å². The first kappa shape index (κ1) is 22.7. The maximum Gasteiger partial charge on any atom is 0.273 e. The molecule has 2 amide bonds. The number of nitrogens with zero attached hydrogens (tertiary/aromatic N) is 1. The molecular weight excluding hydrogens is 476 g/mol. The first-order valence-corrected chi connectivity index (χ1v) is 11.8. The number of thiophene rings is 1. The van der Waals surface area contributed by atoms with E-state index in [1.165, 1.54) is 25.2 Å². The lowest BCUT2D eigenvalue weighted by atomic mass is 10.1. The van der Waals surface area contributed by atoms with Crippen molar-refractivity contribution in [3.8, 4) is 5.75 Å². The van der Waals surface area contributed by atoms with Gasteiger partial charge >= 0.3 is 0 Å². The zero-order valence-electron chi connectivity index (χ0n) is 17.3. The first-order chi connectivity index (χ1) is 15.6. The number of fused-ring (bicyclic) bond motifs is 1. The Balaban J connectivity index is 1.57. The molecule has 0 radical (unpaired) electrons. The van der Waals surface area contributed by atoms with Gasteiger partial charge in [0.05, 0.1) is 22.5 Å². The van der Waals surface area contributed by atoms with Crippen LogP contribution >= 0.6 is 11.3 Å². The van der Waals surface area contributed by atoms with Crippen molar-refractivity contribution in [3.05, 3.63) is 70.1 Å². The molecule has 8 nitrogen and oxygen atoms in total. The molecule has 0 fully saturated rings. The number of amides is 2. The van der Waals surface area contributed by atoms with Gasteiger partial charge in [0.1, 0.15) is 21.6 Å². The van der Waals surface area contributed by atoms with Gasteiger partial charge in [0, 0.05) is 18.0 Å². The largest absolute Gasteiger partial charge is 0.472 e. The number of carbonyl (C=O) groups excluding carboxylic acids is 2. The van der Waals surface area contributed by atoms with E-state index in [2.05, 4.69) is 5.32 Å². The first-order valence-electron chi connectivity index (χ1n) is 9.50. The van der Waals surface area contributed by atoms with Crippen LogP contribution < -0.4 is 19.7 Å². The van der Waals surface area contributed by atoms with Crippen LogP contribution in [-0.4, -0.2) is 34.0 Å². The summed E-state index contributed by atoms with van der Waals surface area (Å²) in [6.45, 7) is 1.44. The highest BCUT2D eigenvalue weighted by Gasteiger charge is 2.30. The third-order valence-electron chi connectivity index (χ3n) is 4.88. The van der Waals surface area contributed by atoms with Crippen molar-refractivity contribution in [2.45, 2.75) is 11.1 Å². The van der Waals surface area contributed by atoms with Crippen LogP contribution in [0.1, 0.15) is 25.6 Å². The smallest absolute Gasteiger partial charge is 0.273 e. The summed E-state index contributed by atoms with van der Waals surface area (Å²) >= 11 is 0.970. The molecule has 172 valence electrons. The monoisotopic (exact) mass is 493 g/mol. The lowest BCUT2D eigenvalue weighted by molar-refractivity contribution is 0.0935. The van der Waals surface area contributed by atoms with Gasteiger partial charge in [-0.15, -0.1) is 11.3 Å². The van der Waals surface area contributed by atoms with Crippen molar-refractivity contribution in [1.82, 2.24) is 4.72 Å². The highest BCUT2D eigenvalue weighted by Crippen LogP contribution is 2.33. The molecule has 1 aromatic heterocycles. The molecule has 0 saturated heterocycles. The van der Waals surface area contributed by atoms with Gasteiger partial charge < -0.3 is 10.1 Å². The molecule has 0 bridgehead atoms. The quantitative estimate of drug-likeness (QED) is 0.564. The second-order valence-corrected chi connectivity index (χ2v) is 10.2. The van der Waals surface area contributed by atoms with Crippen LogP contribution in [0.15, 0.2) is 46.7 Å².